The molecule has 7 heteroatoms. The molecule has 0 aliphatic carbocycles. The third kappa shape index (κ3) is 2.47. The number of hydrogen-bond donors (Lipinski definition) is 0. The first-order valence-electron chi connectivity index (χ1n) is 3.60. The molecule has 0 radical (unpaired) electrons. The Bertz CT molecular complexity index is 337. The van der Waals surface area contributed by atoms with Gasteiger partial charge in [0.05, 0.1) is 0 Å². The summed E-state index contributed by atoms with van der Waals surface area (Å²) in [5.74, 6) is 0.123. The maximum absolute atomic E-state index is 12.2. The highest BCUT2D eigenvalue weighted by atomic mass is 35.5. The molecule has 14 heavy (non-hydrogen) atoms. The van der Waals surface area contributed by atoms with E-state index in [1.807, 2.05) is 0 Å². The second-order valence-electron chi connectivity index (χ2n) is 2.77. The van der Waals surface area contributed by atoms with Crippen molar-refractivity contribution in [2.45, 2.75) is 6.18 Å². The van der Waals surface area contributed by atoms with Crippen LogP contribution in [0.2, 0.25) is 5.28 Å². The van der Waals surface area contributed by atoms with Crippen molar-refractivity contribution < 1.29 is 13.2 Å². The molecule has 0 aromatic carbocycles. The van der Waals surface area contributed by atoms with E-state index in [0.717, 1.165) is 6.07 Å². The monoisotopic (exact) mass is 225 g/mol. The van der Waals surface area contributed by atoms with E-state index in [9.17, 15) is 13.2 Å². The molecular formula is C7H7ClF3N3. The van der Waals surface area contributed by atoms with Gasteiger partial charge in [-0.15, -0.1) is 0 Å². The number of alkyl halides is 3. The van der Waals surface area contributed by atoms with Crippen LogP contribution in [0.3, 0.4) is 0 Å². The average Bonchev–Trinajstić information content (AvgIpc) is 2.01. The smallest absolute Gasteiger partial charge is 0.363 e. The van der Waals surface area contributed by atoms with Gasteiger partial charge in [0, 0.05) is 20.2 Å². The van der Waals surface area contributed by atoms with Crippen LogP contribution < -0.4 is 4.90 Å². The van der Waals surface area contributed by atoms with Crippen LogP contribution in [0, 0.1) is 0 Å². The largest absolute Gasteiger partial charge is 0.433 e. The van der Waals surface area contributed by atoms with E-state index in [0.29, 0.717) is 0 Å². The highest BCUT2D eigenvalue weighted by Gasteiger charge is 2.33. The summed E-state index contributed by atoms with van der Waals surface area (Å²) in [6, 6.07) is 0.839. The predicted molar refractivity (Wildman–Crippen MR) is 46.4 cm³/mol. The molecule has 0 bridgehead atoms. The molecule has 0 fully saturated rings. The first-order valence-corrected chi connectivity index (χ1v) is 3.97. The van der Waals surface area contributed by atoms with Crippen LogP contribution in [0.4, 0.5) is 19.0 Å². The predicted octanol–water partition coefficient (Wildman–Crippen LogP) is 2.21. The highest BCUT2D eigenvalue weighted by Crippen LogP contribution is 2.29. The zero-order chi connectivity index (χ0) is 10.9. The maximum Gasteiger partial charge on any atom is 0.433 e. The van der Waals surface area contributed by atoms with Crippen molar-refractivity contribution in [2.24, 2.45) is 0 Å². The summed E-state index contributed by atoms with van der Waals surface area (Å²) >= 11 is 5.35. The molecule has 0 saturated carbocycles. The molecule has 0 unspecified atom stereocenters. The second-order valence-corrected chi connectivity index (χ2v) is 3.11. The number of anilines is 1. The molecular weight excluding hydrogens is 219 g/mol. The van der Waals surface area contributed by atoms with E-state index in [-0.39, 0.29) is 5.82 Å². The fraction of sp³-hybridized carbons (Fsp3) is 0.429. The van der Waals surface area contributed by atoms with E-state index >= 15 is 0 Å². The minimum absolute atomic E-state index is 0.123. The summed E-state index contributed by atoms with van der Waals surface area (Å²) in [5.41, 5.74) is -1.04. The Morgan fingerprint density at radius 3 is 2.29 bits per heavy atom. The Kier molecular flexibility index (Phi) is 2.84. The van der Waals surface area contributed by atoms with Crippen LogP contribution in [0.5, 0.6) is 0 Å². The first-order chi connectivity index (χ1) is 6.30. The van der Waals surface area contributed by atoms with Crippen LogP contribution in [0.15, 0.2) is 6.07 Å². The summed E-state index contributed by atoms with van der Waals surface area (Å²) in [4.78, 5) is 8.14. The van der Waals surface area contributed by atoms with Gasteiger partial charge in [-0.1, -0.05) is 0 Å². The fourth-order valence-corrected chi connectivity index (χ4v) is 0.958. The molecule has 0 spiro atoms. The van der Waals surface area contributed by atoms with Gasteiger partial charge in [-0.25, -0.2) is 9.97 Å². The second kappa shape index (κ2) is 3.61. The lowest BCUT2D eigenvalue weighted by atomic mass is 10.4. The molecule has 0 atom stereocenters. The van der Waals surface area contributed by atoms with E-state index in [1.54, 1.807) is 14.1 Å². The Morgan fingerprint density at radius 2 is 1.86 bits per heavy atom. The van der Waals surface area contributed by atoms with E-state index in [1.165, 1.54) is 4.90 Å². The fourth-order valence-electron chi connectivity index (χ4n) is 0.780. The summed E-state index contributed by atoms with van der Waals surface area (Å²) in [7, 11) is 3.14. The quantitative estimate of drug-likeness (QED) is 0.687. The van der Waals surface area contributed by atoms with Gasteiger partial charge in [-0.2, -0.15) is 13.2 Å². The number of nitrogens with zero attached hydrogens (tertiary/aromatic N) is 3. The Balaban J connectivity index is 3.21. The maximum atomic E-state index is 12.2. The van der Waals surface area contributed by atoms with E-state index in [2.05, 4.69) is 9.97 Å². The molecule has 1 aromatic rings. The molecule has 0 aliphatic heterocycles. The molecule has 1 heterocycles. The summed E-state index contributed by atoms with van der Waals surface area (Å²) in [6.07, 6.45) is -4.50. The summed E-state index contributed by atoms with van der Waals surface area (Å²) in [6.45, 7) is 0. The zero-order valence-electron chi connectivity index (χ0n) is 7.43. The van der Waals surface area contributed by atoms with Crippen LogP contribution >= 0.6 is 11.6 Å². The highest BCUT2D eigenvalue weighted by molar-refractivity contribution is 6.28. The van der Waals surface area contributed by atoms with Gasteiger partial charge in [-0.3, -0.25) is 0 Å². The lowest BCUT2D eigenvalue weighted by molar-refractivity contribution is -0.141. The standard InChI is InChI=1S/C7H7ClF3N3/c1-14(2)5-3-4(7(9,10)11)12-6(8)13-5/h3H,1-2H3. The lowest BCUT2D eigenvalue weighted by Crippen LogP contribution is -2.15. The van der Waals surface area contributed by atoms with Crippen molar-refractivity contribution in [3.63, 3.8) is 0 Å². The average molecular weight is 226 g/mol. The van der Waals surface area contributed by atoms with Gasteiger partial charge in [-0.05, 0) is 11.6 Å². The number of halogens is 4. The zero-order valence-corrected chi connectivity index (χ0v) is 8.19. The van der Waals surface area contributed by atoms with Crippen molar-refractivity contribution in [1.29, 1.82) is 0 Å². The molecule has 3 nitrogen and oxygen atoms in total. The van der Waals surface area contributed by atoms with Crippen molar-refractivity contribution in [3.8, 4) is 0 Å². The molecule has 78 valence electrons. The van der Waals surface area contributed by atoms with Gasteiger partial charge in [0.25, 0.3) is 0 Å². The Labute approximate surface area is 83.5 Å². The van der Waals surface area contributed by atoms with Gasteiger partial charge < -0.3 is 4.90 Å². The third-order valence-corrected chi connectivity index (χ3v) is 1.60. The molecule has 0 amide bonds. The number of rotatable bonds is 1. The molecule has 0 aliphatic rings. The van der Waals surface area contributed by atoms with Crippen LogP contribution in [-0.2, 0) is 6.18 Å². The van der Waals surface area contributed by atoms with Crippen molar-refractivity contribution in [3.05, 3.63) is 17.0 Å². The Morgan fingerprint density at radius 1 is 1.29 bits per heavy atom. The van der Waals surface area contributed by atoms with Crippen LogP contribution in [0.1, 0.15) is 5.69 Å². The van der Waals surface area contributed by atoms with Gasteiger partial charge >= 0.3 is 6.18 Å². The SMILES string of the molecule is CN(C)c1cc(C(F)(F)F)nc(Cl)n1. The van der Waals surface area contributed by atoms with Gasteiger partial charge in [0.1, 0.15) is 5.82 Å². The van der Waals surface area contributed by atoms with Crippen LogP contribution in [0.25, 0.3) is 0 Å². The normalized spacial score (nSPS) is 11.6. The topological polar surface area (TPSA) is 29.0 Å². The van der Waals surface area contributed by atoms with Crippen molar-refractivity contribution in [2.75, 3.05) is 19.0 Å². The van der Waals surface area contributed by atoms with Crippen LogP contribution in [-0.4, -0.2) is 24.1 Å². The Hall–Kier alpha value is -1.04. The summed E-state index contributed by atoms with van der Waals surface area (Å²) in [5, 5.41) is -0.413. The molecule has 1 aromatic heterocycles. The van der Waals surface area contributed by atoms with E-state index < -0.39 is 17.2 Å². The first kappa shape index (κ1) is 11.0. The van der Waals surface area contributed by atoms with Gasteiger partial charge in [0.2, 0.25) is 5.28 Å². The van der Waals surface area contributed by atoms with Crippen molar-refractivity contribution in [1.82, 2.24) is 9.97 Å². The molecule has 0 saturated heterocycles. The van der Waals surface area contributed by atoms with Gasteiger partial charge in [0.15, 0.2) is 5.69 Å². The van der Waals surface area contributed by atoms with Crippen molar-refractivity contribution >= 4 is 17.4 Å². The third-order valence-electron chi connectivity index (χ3n) is 1.43. The summed E-state index contributed by atoms with van der Waals surface area (Å²) < 4.78 is 36.7. The minimum atomic E-state index is -4.50. The lowest BCUT2D eigenvalue weighted by Gasteiger charge is -2.13. The molecule has 0 N–H and O–H groups in total. The number of aromatic nitrogens is 2. The number of hydrogen-bond acceptors (Lipinski definition) is 3. The van der Waals surface area contributed by atoms with E-state index in [4.69, 9.17) is 11.6 Å². The minimum Gasteiger partial charge on any atom is -0.363 e. The molecule has 1 rings (SSSR count).